The second kappa shape index (κ2) is 6.51. The maximum Gasteiger partial charge on any atom is 0.248 e. The summed E-state index contributed by atoms with van der Waals surface area (Å²) in [5, 5.41) is 15.4. The van der Waals surface area contributed by atoms with E-state index in [9.17, 15) is 0 Å². The predicted octanol–water partition coefficient (Wildman–Crippen LogP) is 2.80. The van der Waals surface area contributed by atoms with Gasteiger partial charge in [0.15, 0.2) is 0 Å². The summed E-state index contributed by atoms with van der Waals surface area (Å²) in [5.41, 5.74) is 4.29. The van der Waals surface area contributed by atoms with Crippen LogP contribution in [-0.2, 0) is 0 Å². The molecule has 1 atom stereocenters. The number of tetrazole rings is 1. The van der Waals surface area contributed by atoms with Crippen molar-refractivity contribution in [3.63, 3.8) is 0 Å². The maximum absolute atomic E-state index is 5.24. The Bertz CT molecular complexity index is 927. The van der Waals surface area contributed by atoms with Crippen molar-refractivity contribution in [2.75, 3.05) is 31.4 Å². The zero-order valence-electron chi connectivity index (χ0n) is 14.9. The largest absolute Gasteiger partial charge is 0.497 e. The lowest BCUT2D eigenvalue weighted by atomic mass is 10.0. The predicted molar refractivity (Wildman–Crippen MR) is 101 cm³/mol. The van der Waals surface area contributed by atoms with E-state index in [4.69, 9.17) is 4.74 Å². The molecular formula is C19H20N6O. The topological polar surface area (TPSA) is 68.1 Å². The van der Waals surface area contributed by atoms with Gasteiger partial charge >= 0.3 is 0 Å². The third-order valence-electron chi connectivity index (χ3n) is 4.48. The zero-order valence-corrected chi connectivity index (χ0v) is 14.9. The highest BCUT2D eigenvalue weighted by atomic mass is 16.5. The first kappa shape index (κ1) is 16.1. The number of aromatic nitrogens is 4. The number of rotatable bonds is 4. The Hall–Kier alpha value is -3.35. The molecule has 132 valence electrons. The van der Waals surface area contributed by atoms with Gasteiger partial charge in [-0.2, -0.15) is 4.68 Å². The molecule has 26 heavy (non-hydrogen) atoms. The van der Waals surface area contributed by atoms with Crippen LogP contribution in [0.4, 0.5) is 11.6 Å². The molecule has 0 radical (unpaired) electrons. The molecule has 1 N–H and O–H groups in total. The highest BCUT2D eigenvalue weighted by Crippen LogP contribution is 2.32. The quantitative estimate of drug-likeness (QED) is 0.782. The third-order valence-corrected chi connectivity index (χ3v) is 4.48. The van der Waals surface area contributed by atoms with E-state index in [2.05, 4.69) is 56.1 Å². The first-order chi connectivity index (χ1) is 12.7. The van der Waals surface area contributed by atoms with Crippen LogP contribution in [0.2, 0.25) is 0 Å². The standard InChI is InChI=1S/C19H20N6O/c1-24(2)15-8-4-14(5-9-15)18-12-17(20-19-21-22-23-25(18)19)13-6-10-16(26-3)11-7-13/h4-12,18H,1-3H3,(H,20,21,23)/t18-/m0/s1. The molecule has 0 aliphatic carbocycles. The molecule has 4 rings (SSSR count). The number of methoxy groups -OCH3 is 1. The van der Waals surface area contributed by atoms with Crippen molar-refractivity contribution < 1.29 is 4.74 Å². The first-order valence-corrected chi connectivity index (χ1v) is 8.34. The van der Waals surface area contributed by atoms with Gasteiger partial charge in [0.25, 0.3) is 0 Å². The van der Waals surface area contributed by atoms with Gasteiger partial charge in [0, 0.05) is 25.5 Å². The second-order valence-electron chi connectivity index (χ2n) is 6.31. The third kappa shape index (κ3) is 2.88. The zero-order chi connectivity index (χ0) is 18.1. The van der Waals surface area contributed by atoms with Gasteiger partial charge in [-0.1, -0.05) is 17.2 Å². The average Bonchev–Trinajstić information content (AvgIpc) is 3.16. The molecule has 2 aromatic carbocycles. The van der Waals surface area contributed by atoms with Crippen molar-refractivity contribution in [1.29, 1.82) is 0 Å². The van der Waals surface area contributed by atoms with Gasteiger partial charge < -0.3 is 15.0 Å². The number of hydrogen-bond donors (Lipinski definition) is 1. The summed E-state index contributed by atoms with van der Waals surface area (Å²) in [6.45, 7) is 0. The van der Waals surface area contributed by atoms with Gasteiger partial charge in [0.05, 0.1) is 7.11 Å². The summed E-state index contributed by atoms with van der Waals surface area (Å²) < 4.78 is 7.03. The summed E-state index contributed by atoms with van der Waals surface area (Å²) >= 11 is 0. The Morgan fingerprint density at radius 3 is 2.42 bits per heavy atom. The molecular weight excluding hydrogens is 328 g/mol. The van der Waals surface area contributed by atoms with Crippen LogP contribution in [0.3, 0.4) is 0 Å². The molecule has 0 unspecified atom stereocenters. The summed E-state index contributed by atoms with van der Waals surface area (Å²) in [6, 6.07) is 16.3. The van der Waals surface area contributed by atoms with E-state index >= 15 is 0 Å². The Balaban J connectivity index is 1.73. The lowest BCUT2D eigenvalue weighted by Gasteiger charge is -2.24. The van der Waals surface area contributed by atoms with Gasteiger partial charge in [0.1, 0.15) is 11.8 Å². The highest BCUT2D eigenvalue weighted by molar-refractivity contribution is 5.77. The van der Waals surface area contributed by atoms with E-state index in [0.717, 1.165) is 28.3 Å². The molecule has 0 bridgehead atoms. The fourth-order valence-corrected chi connectivity index (χ4v) is 3.00. The van der Waals surface area contributed by atoms with Gasteiger partial charge in [-0.25, -0.2) is 0 Å². The van der Waals surface area contributed by atoms with Crippen molar-refractivity contribution in [2.45, 2.75) is 6.04 Å². The molecule has 0 fully saturated rings. The summed E-state index contributed by atoms with van der Waals surface area (Å²) in [6.07, 6.45) is 2.13. The van der Waals surface area contributed by atoms with Crippen molar-refractivity contribution in [2.24, 2.45) is 0 Å². The van der Waals surface area contributed by atoms with Gasteiger partial charge in [-0.15, -0.1) is 0 Å². The van der Waals surface area contributed by atoms with Crippen LogP contribution >= 0.6 is 0 Å². The minimum atomic E-state index is -0.0745. The number of nitrogens with zero attached hydrogens (tertiary/aromatic N) is 5. The highest BCUT2D eigenvalue weighted by Gasteiger charge is 2.24. The maximum atomic E-state index is 5.24. The van der Waals surface area contributed by atoms with Crippen LogP contribution in [0.5, 0.6) is 5.75 Å². The minimum Gasteiger partial charge on any atom is -0.497 e. The van der Waals surface area contributed by atoms with Gasteiger partial charge in [-0.05, 0) is 64.0 Å². The number of allylic oxidation sites excluding steroid dienone is 1. The van der Waals surface area contributed by atoms with Crippen LogP contribution in [0.25, 0.3) is 5.70 Å². The molecule has 7 heteroatoms. The minimum absolute atomic E-state index is 0.0745. The number of fused-ring (bicyclic) bond motifs is 1. The first-order valence-electron chi connectivity index (χ1n) is 8.34. The fraction of sp³-hybridized carbons (Fsp3) is 0.211. The second-order valence-corrected chi connectivity index (χ2v) is 6.31. The van der Waals surface area contributed by atoms with Crippen molar-refractivity contribution in [3.05, 3.63) is 65.7 Å². The summed E-state index contributed by atoms with van der Waals surface area (Å²) in [7, 11) is 5.72. The van der Waals surface area contributed by atoms with Gasteiger partial charge in [0.2, 0.25) is 5.95 Å². The van der Waals surface area contributed by atoms with E-state index in [0.29, 0.717) is 5.95 Å². The molecule has 7 nitrogen and oxygen atoms in total. The normalized spacial score (nSPS) is 15.7. The molecule has 1 aliphatic rings. The molecule has 0 saturated heterocycles. The van der Waals surface area contributed by atoms with Crippen molar-refractivity contribution >= 4 is 17.3 Å². The molecule has 3 aromatic rings. The lowest BCUT2D eigenvalue weighted by molar-refractivity contribution is 0.415. The summed E-state index contributed by atoms with van der Waals surface area (Å²) in [4.78, 5) is 2.08. The molecule has 0 saturated carbocycles. The van der Waals surface area contributed by atoms with Crippen LogP contribution in [0.1, 0.15) is 17.2 Å². The van der Waals surface area contributed by atoms with Crippen LogP contribution in [-0.4, -0.2) is 41.4 Å². The molecule has 2 heterocycles. The van der Waals surface area contributed by atoms with Crippen LogP contribution in [0.15, 0.2) is 54.6 Å². The molecule has 0 amide bonds. The Morgan fingerprint density at radius 1 is 1.04 bits per heavy atom. The summed E-state index contributed by atoms with van der Waals surface area (Å²) in [5.74, 6) is 1.45. The number of nitrogens with one attached hydrogen (secondary N) is 1. The van der Waals surface area contributed by atoms with E-state index in [1.807, 2.05) is 38.4 Å². The van der Waals surface area contributed by atoms with Crippen LogP contribution < -0.4 is 15.0 Å². The fourth-order valence-electron chi connectivity index (χ4n) is 3.00. The molecule has 0 spiro atoms. The number of hydrogen-bond acceptors (Lipinski definition) is 6. The van der Waals surface area contributed by atoms with E-state index in [-0.39, 0.29) is 6.04 Å². The smallest absolute Gasteiger partial charge is 0.248 e. The van der Waals surface area contributed by atoms with Crippen molar-refractivity contribution in [3.8, 4) is 5.75 Å². The number of benzene rings is 2. The monoisotopic (exact) mass is 348 g/mol. The van der Waals surface area contributed by atoms with E-state index in [1.165, 1.54) is 0 Å². The van der Waals surface area contributed by atoms with Crippen LogP contribution in [0, 0.1) is 0 Å². The van der Waals surface area contributed by atoms with E-state index < -0.39 is 0 Å². The Labute approximate surface area is 151 Å². The van der Waals surface area contributed by atoms with E-state index in [1.54, 1.807) is 11.8 Å². The molecule has 1 aromatic heterocycles. The lowest BCUT2D eigenvalue weighted by Crippen LogP contribution is -2.20. The average molecular weight is 348 g/mol. The molecule has 1 aliphatic heterocycles. The van der Waals surface area contributed by atoms with Gasteiger partial charge in [-0.3, -0.25) is 0 Å². The number of anilines is 2. The SMILES string of the molecule is COc1ccc(C2=C[C@@H](c3ccc(N(C)C)cc3)n3nnnc3N2)cc1. The van der Waals surface area contributed by atoms with Crippen molar-refractivity contribution in [1.82, 2.24) is 20.2 Å². The Morgan fingerprint density at radius 2 is 1.77 bits per heavy atom. The number of ether oxygens (including phenoxy) is 1. The Kier molecular flexibility index (Phi) is 4.04.